The molecule has 6 heteroatoms. The number of fused-ring (bicyclic) bond motifs is 5. The summed E-state index contributed by atoms with van der Waals surface area (Å²) in [6, 6.07) is 22.0. The molecular weight excluding hydrogens is 479 g/mol. The molecule has 1 aliphatic carbocycles. The molecule has 3 atom stereocenters. The second-order valence-corrected chi connectivity index (χ2v) is 9.93. The van der Waals surface area contributed by atoms with Gasteiger partial charge in [-0.05, 0) is 29.8 Å². The van der Waals surface area contributed by atoms with Crippen molar-refractivity contribution < 1.29 is 18.8 Å². The van der Waals surface area contributed by atoms with Crippen molar-refractivity contribution in [1.82, 2.24) is 4.98 Å². The monoisotopic (exact) mass is 500 g/mol. The van der Waals surface area contributed by atoms with Gasteiger partial charge in [0.15, 0.2) is 17.3 Å². The number of hydrogen-bond acceptors (Lipinski definition) is 5. The Bertz CT molecular complexity index is 1630. The first-order valence-electron chi connectivity index (χ1n) is 12.5. The van der Waals surface area contributed by atoms with Gasteiger partial charge in [0.1, 0.15) is 17.3 Å². The van der Waals surface area contributed by atoms with E-state index in [1.54, 1.807) is 85.2 Å². The van der Waals surface area contributed by atoms with Gasteiger partial charge in [0.05, 0.1) is 6.04 Å². The summed E-state index contributed by atoms with van der Waals surface area (Å²) in [6.45, 7) is 0. The summed E-state index contributed by atoms with van der Waals surface area (Å²) in [5, 5.41) is 0. The molecule has 1 saturated heterocycles. The van der Waals surface area contributed by atoms with Gasteiger partial charge in [0.2, 0.25) is 0 Å². The van der Waals surface area contributed by atoms with Crippen LogP contribution in [-0.2, 0) is 0 Å². The third-order valence-electron chi connectivity index (χ3n) is 8.14. The van der Waals surface area contributed by atoms with Crippen molar-refractivity contribution >= 4 is 29.1 Å². The number of halogens is 1. The summed E-state index contributed by atoms with van der Waals surface area (Å²) in [6.07, 6.45) is 6.79. The van der Waals surface area contributed by atoms with Crippen LogP contribution in [0.2, 0.25) is 0 Å². The van der Waals surface area contributed by atoms with Gasteiger partial charge in [-0.25, -0.2) is 4.39 Å². The molecule has 1 aromatic heterocycles. The summed E-state index contributed by atoms with van der Waals surface area (Å²) in [5.74, 6) is -2.07. The molecule has 5 nitrogen and oxygen atoms in total. The zero-order valence-corrected chi connectivity index (χ0v) is 20.1. The molecule has 38 heavy (non-hydrogen) atoms. The summed E-state index contributed by atoms with van der Waals surface area (Å²) in [7, 11) is 0. The molecule has 1 fully saturated rings. The van der Waals surface area contributed by atoms with E-state index in [9.17, 15) is 18.8 Å². The van der Waals surface area contributed by atoms with Crippen molar-refractivity contribution in [2.45, 2.75) is 18.0 Å². The number of carbonyl (C=O) groups excluding carboxylic acids is 3. The van der Waals surface area contributed by atoms with Crippen LogP contribution >= 0.6 is 0 Å². The van der Waals surface area contributed by atoms with Crippen molar-refractivity contribution in [1.29, 1.82) is 0 Å². The standard InChI is InChI=1S/C32H21FN2O3/c33-22-13-14-25-20(17-22)12-15-26-32(30(37)23-10-4-5-11-24(23)31(32)38)27(21-9-6-16-34-18-21)28(35(25)26)29(36)19-7-2-1-3-8-19/h1-18,26-28H/t26-,27+,28-/m0/s1. The van der Waals surface area contributed by atoms with Crippen molar-refractivity contribution in [3.05, 3.63) is 137 Å². The Morgan fingerprint density at radius 1 is 0.868 bits per heavy atom. The Morgan fingerprint density at radius 2 is 1.58 bits per heavy atom. The summed E-state index contributed by atoms with van der Waals surface area (Å²) >= 11 is 0. The van der Waals surface area contributed by atoms with E-state index < -0.39 is 29.2 Å². The predicted octanol–water partition coefficient (Wildman–Crippen LogP) is 5.54. The van der Waals surface area contributed by atoms with Crippen LogP contribution in [0.1, 0.15) is 48.1 Å². The number of aromatic nitrogens is 1. The Labute approximate surface area is 218 Å². The molecule has 3 aromatic carbocycles. The molecule has 0 saturated carbocycles. The first-order chi connectivity index (χ1) is 18.5. The van der Waals surface area contributed by atoms with Crippen molar-refractivity contribution in [3.63, 3.8) is 0 Å². The van der Waals surface area contributed by atoms with E-state index in [-0.39, 0.29) is 17.3 Å². The van der Waals surface area contributed by atoms with E-state index >= 15 is 0 Å². The Hall–Kier alpha value is -4.71. The normalized spacial score (nSPS) is 22.3. The van der Waals surface area contributed by atoms with Gasteiger partial charge in [-0.15, -0.1) is 0 Å². The average molecular weight is 501 g/mol. The van der Waals surface area contributed by atoms with Crippen LogP contribution in [-0.4, -0.2) is 34.4 Å². The third-order valence-corrected chi connectivity index (χ3v) is 8.14. The smallest absolute Gasteiger partial charge is 0.185 e. The lowest BCUT2D eigenvalue weighted by Gasteiger charge is -2.37. The van der Waals surface area contributed by atoms with Crippen LogP contribution in [0.4, 0.5) is 10.1 Å². The number of benzene rings is 3. The fourth-order valence-corrected chi connectivity index (χ4v) is 6.65. The van der Waals surface area contributed by atoms with Crippen LogP contribution in [0.5, 0.6) is 0 Å². The lowest BCUT2D eigenvalue weighted by atomic mass is 9.64. The van der Waals surface area contributed by atoms with Crippen LogP contribution in [0.15, 0.2) is 103 Å². The molecular formula is C32H21FN2O3. The predicted molar refractivity (Wildman–Crippen MR) is 141 cm³/mol. The van der Waals surface area contributed by atoms with Crippen LogP contribution in [0.3, 0.4) is 0 Å². The van der Waals surface area contributed by atoms with Crippen molar-refractivity contribution in [3.8, 4) is 0 Å². The Morgan fingerprint density at radius 3 is 2.26 bits per heavy atom. The van der Waals surface area contributed by atoms with Gasteiger partial charge in [0, 0.05) is 46.3 Å². The number of Topliss-reactive ketones (excluding diaryl/α,β-unsaturated/α-hetero) is 3. The van der Waals surface area contributed by atoms with E-state index in [0.717, 1.165) is 0 Å². The topological polar surface area (TPSA) is 67.3 Å². The highest BCUT2D eigenvalue weighted by molar-refractivity contribution is 6.32. The van der Waals surface area contributed by atoms with Crippen LogP contribution in [0, 0.1) is 11.2 Å². The number of pyridine rings is 1. The van der Waals surface area contributed by atoms with Crippen LogP contribution < -0.4 is 4.90 Å². The van der Waals surface area contributed by atoms with E-state index in [2.05, 4.69) is 4.98 Å². The lowest BCUT2D eigenvalue weighted by molar-refractivity contribution is 0.0666. The van der Waals surface area contributed by atoms with E-state index in [1.165, 1.54) is 12.1 Å². The second-order valence-electron chi connectivity index (χ2n) is 9.93. The highest BCUT2D eigenvalue weighted by Crippen LogP contribution is 2.60. The minimum Gasteiger partial charge on any atom is -0.352 e. The number of carbonyl (C=O) groups is 3. The molecule has 7 rings (SSSR count). The SMILES string of the molecule is O=C(c1ccccc1)[C@@H]1[C@@H](c2cccnc2)C2(C(=O)c3ccccc3C2=O)[C@@H]2C=Cc3cc(F)ccc3N12. The van der Waals surface area contributed by atoms with Gasteiger partial charge in [-0.1, -0.05) is 72.8 Å². The minimum atomic E-state index is -1.59. The summed E-state index contributed by atoms with van der Waals surface area (Å²) in [4.78, 5) is 49.5. The fourth-order valence-electron chi connectivity index (χ4n) is 6.65. The average Bonchev–Trinajstić information content (AvgIpc) is 3.39. The van der Waals surface area contributed by atoms with Crippen molar-refractivity contribution in [2.24, 2.45) is 5.41 Å². The van der Waals surface area contributed by atoms with Gasteiger partial charge < -0.3 is 4.90 Å². The fraction of sp³-hybridized carbons (Fsp3) is 0.125. The molecule has 184 valence electrons. The van der Waals surface area contributed by atoms with E-state index in [1.807, 2.05) is 17.0 Å². The maximum absolute atomic E-state index is 14.5. The van der Waals surface area contributed by atoms with Gasteiger partial charge in [0.25, 0.3) is 0 Å². The first-order valence-corrected chi connectivity index (χ1v) is 12.5. The minimum absolute atomic E-state index is 0.219. The first kappa shape index (κ1) is 22.5. The zero-order valence-electron chi connectivity index (χ0n) is 20.1. The molecule has 1 spiro atoms. The highest BCUT2D eigenvalue weighted by atomic mass is 19.1. The maximum atomic E-state index is 14.5. The molecule has 3 heterocycles. The van der Waals surface area contributed by atoms with Crippen LogP contribution in [0.25, 0.3) is 6.08 Å². The molecule has 0 N–H and O–H groups in total. The molecule has 2 aliphatic heterocycles. The molecule has 0 bridgehead atoms. The molecule has 3 aliphatic rings. The molecule has 0 amide bonds. The molecule has 4 aromatic rings. The van der Waals surface area contributed by atoms with Crippen molar-refractivity contribution in [2.75, 3.05) is 4.90 Å². The maximum Gasteiger partial charge on any atom is 0.185 e. The molecule has 0 radical (unpaired) electrons. The number of anilines is 1. The Kier molecular flexibility index (Phi) is 4.82. The highest BCUT2D eigenvalue weighted by Gasteiger charge is 2.71. The number of ketones is 3. The number of nitrogens with zero attached hydrogens (tertiary/aromatic N) is 2. The lowest BCUT2D eigenvalue weighted by Crippen LogP contribution is -2.48. The Balaban J connectivity index is 1.55. The third kappa shape index (κ3) is 2.85. The van der Waals surface area contributed by atoms with Gasteiger partial charge in [-0.3, -0.25) is 19.4 Å². The van der Waals surface area contributed by atoms with Gasteiger partial charge >= 0.3 is 0 Å². The van der Waals surface area contributed by atoms with Gasteiger partial charge in [-0.2, -0.15) is 0 Å². The largest absolute Gasteiger partial charge is 0.352 e. The van der Waals surface area contributed by atoms with E-state index in [0.29, 0.717) is 33.5 Å². The number of rotatable bonds is 3. The quantitative estimate of drug-likeness (QED) is 0.273. The zero-order chi connectivity index (χ0) is 26.0. The summed E-state index contributed by atoms with van der Waals surface area (Å²) < 4.78 is 14.3. The van der Waals surface area contributed by atoms with E-state index in [4.69, 9.17) is 0 Å². The summed E-state index contributed by atoms with van der Waals surface area (Å²) in [5.41, 5.74) is 1.41. The number of hydrogen-bond donors (Lipinski definition) is 0. The second kappa shape index (κ2) is 8.15. The molecule has 0 unspecified atom stereocenters.